The molecule has 0 saturated carbocycles. The van der Waals surface area contributed by atoms with Gasteiger partial charge in [0.2, 0.25) is 0 Å². The lowest BCUT2D eigenvalue weighted by atomic mass is 10.0. The van der Waals surface area contributed by atoms with Crippen LogP contribution in [0.1, 0.15) is 6.92 Å². The van der Waals surface area contributed by atoms with E-state index in [2.05, 4.69) is 15.5 Å². The first-order valence-corrected chi connectivity index (χ1v) is 7.41. The number of aromatic nitrogens is 2. The summed E-state index contributed by atoms with van der Waals surface area (Å²) in [5.41, 5.74) is 1.52. The van der Waals surface area contributed by atoms with Gasteiger partial charge in [0.1, 0.15) is 5.69 Å². The molecule has 2 aromatic carbocycles. The summed E-state index contributed by atoms with van der Waals surface area (Å²) < 4.78 is 0. The molecule has 0 aliphatic carbocycles. The summed E-state index contributed by atoms with van der Waals surface area (Å²) in [4.78, 5) is 0. The van der Waals surface area contributed by atoms with Crippen molar-refractivity contribution >= 4 is 39.8 Å². The van der Waals surface area contributed by atoms with E-state index in [4.69, 9.17) is 23.2 Å². The van der Waals surface area contributed by atoms with Gasteiger partial charge in [-0.1, -0.05) is 59.6 Å². The Morgan fingerprint density at radius 3 is 2.48 bits per heavy atom. The Morgan fingerprint density at radius 1 is 0.952 bits per heavy atom. The van der Waals surface area contributed by atoms with E-state index in [1.807, 2.05) is 43.3 Å². The van der Waals surface area contributed by atoms with Crippen molar-refractivity contribution in [3.63, 3.8) is 0 Å². The zero-order valence-corrected chi connectivity index (χ0v) is 12.9. The Kier molecular flexibility index (Phi) is 3.95. The zero-order valence-electron chi connectivity index (χ0n) is 11.4. The molecule has 0 aliphatic heterocycles. The van der Waals surface area contributed by atoms with E-state index >= 15 is 0 Å². The van der Waals surface area contributed by atoms with Gasteiger partial charge in [0.25, 0.3) is 0 Å². The summed E-state index contributed by atoms with van der Waals surface area (Å²) in [6, 6.07) is 13.5. The molecule has 5 heteroatoms. The van der Waals surface area contributed by atoms with Gasteiger partial charge in [-0.2, -0.15) is 0 Å². The van der Waals surface area contributed by atoms with E-state index in [1.165, 1.54) is 0 Å². The highest BCUT2D eigenvalue weighted by molar-refractivity contribution is 6.43. The Balaban J connectivity index is 2.29. The number of nitrogens with one attached hydrogen (secondary N) is 1. The van der Waals surface area contributed by atoms with Gasteiger partial charge < -0.3 is 5.32 Å². The number of benzene rings is 2. The fourth-order valence-electron chi connectivity index (χ4n) is 2.29. The topological polar surface area (TPSA) is 37.8 Å². The molecule has 1 aromatic heterocycles. The molecular formula is C16H13Cl2N3. The van der Waals surface area contributed by atoms with Gasteiger partial charge in [-0.25, -0.2) is 0 Å². The fraction of sp³-hybridized carbons (Fsp3) is 0.125. The lowest BCUT2D eigenvalue weighted by molar-refractivity contribution is 1.03. The minimum absolute atomic E-state index is 0.495. The third kappa shape index (κ3) is 2.55. The van der Waals surface area contributed by atoms with Gasteiger partial charge >= 0.3 is 0 Å². The number of anilines is 1. The highest BCUT2D eigenvalue weighted by Gasteiger charge is 2.14. The normalized spacial score (nSPS) is 10.8. The second-order valence-electron chi connectivity index (χ2n) is 4.57. The van der Waals surface area contributed by atoms with Crippen molar-refractivity contribution in [1.29, 1.82) is 0 Å². The van der Waals surface area contributed by atoms with Gasteiger partial charge in [0.05, 0.1) is 10.0 Å². The van der Waals surface area contributed by atoms with Crippen LogP contribution in [0, 0.1) is 0 Å². The number of rotatable bonds is 3. The van der Waals surface area contributed by atoms with Crippen LogP contribution in [0.5, 0.6) is 0 Å². The molecule has 3 rings (SSSR count). The molecule has 0 fully saturated rings. The number of halogens is 2. The molecule has 0 amide bonds. The fourth-order valence-corrected chi connectivity index (χ4v) is 2.68. The van der Waals surface area contributed by atoms with E-state index in [0.717, 1.165) is 34.4 Å². The molecule has 21 heavy (non-hydrogen) atoms. The van der Waals surface area contributed by atoms with Crippen LogP contribution in [0.3, 0.4) is 0 Å². The third-order valence-electron chi connectivity index (χ3n) is 3.24. The second kappa shape index (κ2) is 5.88. The first-order valence-electron chi connectivity index (χ1n) is 6.66. The molecule has 0 atom stereocenters. The van der Waals surface area contributed by atoms with Crippen LogP contribution < -0.4 is 5.32 Å². The molecule has 1 heterocycles. The van der Waals surface area contributed by atoms with Crippen LogP contribution in [-0.4, -0.2) is 16.7 Å². The van der Waals surface area contributed by atoms with Gasteiger partial charge in [-0.3, -0.25) is 0 Å². The smallest absolute Gasteiger partial charge is 0.156 e. The summed E-state index contributed by atoms with van der Waals surface area (Å²) in [5, 5.41) is 14.9. The highest BCUT2D eigenvalue weighted by atomic mass is 35.5. The second-order valence-corrected chi connectivity index (χ2v) is 5.36. The largest absolute Gasteiger partial charge is 0.368 e. The number of hydrogen-bond donors (Lipinski definition) is 1. The first-order chi connectivity index (χ1) is 10.2. The molecule has 1 N–H and O–H groups in total. The van der Waals surface area contributed by atoms with Crippen molar-refractivity contribution in [2.75, 3.05) is 11.9 Å². The van der Waals surface area contributed by atoms with Crippen molar-refractivity contribution in [3.05, 3.63) is 52.5 Å². The number of nitrogens with zero attached hydrogens (tertiary/aromatic N) is 2. The van der Waals surface area contributed by atoms with E-state index in [9.17, 15) is 0 Å². The summed E-state index contributed by atoms with van der Waals surface area (Å²) in [5.74, 6) is 0.773. The highest BCUT2D eigenvalue weighted by Crippen LogP contribution is 2.36. The number of hydrogen-bond acceptors (Lipinski definition) is 3. The predicted molar refractivity (Wildman–Crippen MR) is 89.2 cm³/mol. The maximum Gasteiger partial charge on any atom is 0.156 e. The van der Waals surface area contributed by atoms with E-state index in [-0.39, 0.29) is 0 Å². The Hall–Kier alpha value is -1.84. The zero-order chi connectivity index (χ0) is 14.8. The minimum atomic E-state index is 0.495. The minimum Gasteiger partial charge on any atom is -0.368 e. The molecule has 0 bridgehead atoms. The summed E-state index contributed by atoms with van der Waals surface area (Å²) in [6.45, 7) is 2.81. The average molecular weight is 318 g/mol. The maximum absolute atomic E-state index is 6.31. The SMILES string of the molecule is CCNc1nnc(-c2cccc(Cl)c2Cl)c2ccccc12. The molecule has 3 nitrogen and oxygen atoms in total. The van der Waals surface area contributed by atoms with Gasteiger partial charge in [0.15, 0.2) is 5.82 Å². The summed E-state index contributed by atoms with van der Waals surface area (Å²) >= 11 is 12.4. The molecule has 0 unspecified atom stereocenters. The molecule has 0 spiro atoms. The third-order valence-corrected chi connectivity index (χ3v) is 4.06. The molecule has 0 radical (unpaired) electrons. The van der Waals surface area contributed by atoms with Crippen LogP contribution in [-0.2, 0) is 0 Å². The van der Waals surface area contributed by atoms with E-state index in [0.29, 0.717) is 10.0 Å². The average Bonchev–Trinajstić information content (AvgIpc) is 2.51. The van der Waals surface area contributed by atoms with Crippen molar-refractivity contribution in [2.24, 2.45) is 0 Å². The van der Waals surface area contributed by atoms with Crippen molar-refractivity contribution in [3.8, 4) is 11.3 Å². The molecular weight excluding hydrogens is 305 g/mol. The van der Waals surface area contributed by atoms with Crippen LogP contribution >= 0.6 is 23.2 Å². The van der Waals surface area contributed by atoms with Crippen LogP contribution in [0.15, 0.2) is 42.5 Å². The summed E-state index contributed by atoms with van der Waals surface area (Å²) in [6.07, 6.45) is 0. The summed E-state index contributed by atoms with van der Waals surface area (Å²) in [7, 11) is 0. The van der Waals surface area contributed by atoms with Crippen LogP contribution in [0.4, 0.5) is 5.82 Å². The van der Waals surface area contributed by atoms with Crippen molar-refractivity contribution < 1.29 is 0 Å². The lowest BCUT2D eigenvalue weighted by Gasteiger charge is -2.11. The van der Waals surface area contributed by atoms with Gasteiger partial charge in [-0.05, 0) is 13.0 Å². The predicted octanol–water partition coefficient (Wildman–Crippen LogP) is 5.04. The van der Waals surface area contributed by atoms with Crippen LogP contribution in [0.25, 0.3) is 22.0 Å². The Bertz CT molecular complexity index is 803. The quantitative estimate of drug-likeness (QED) is 0.735. The standard InChI is InChI=1S/C16H13Cl2N3/c1-2-19-16-11-7-4-3-6-10(11)15(20-21-16)12-8-5-9-13(17)14(12)18/h3-9H,2H2,1H3,(H,19,21). The number of fused-ring (bicyclic) bond motifs is 1. The Labute approximate surface area is 132 Å². The molecule has 3 aromatic rings. The lowest BCUT2D eigenvalue weighted by Crippen LogP contribution is -2.02. The van der Waals surface area contributed by atoms with E-state index in [1.54, 1.807) is 6.07 Å². The molecule has 106 valence electrons. The van der Waals surface area contributed by atoms with Gasteiger partial charge in [0, 0.05) is 22.9 Å². The molecule has 0 saturated heterocycles. The van der Waals surface area contributed by atoms with Crippen LogP contribution in [0.2, 0.25) is 10.0 Å². The van der Waals surface area contributed by atoms with Crippen molar-refractivity contribution in [2.45, 2.75) is 6.92 Å². The van der Waals surface area contributed by atoms with E-state index < -0.39 is 0 Å². The Morgan fingerprint density at radius 2 is 1.71 bits per heavy atom. The first kappa shape index (κ1) is 14.1. The monoisotopic (exact) mass is 317 g/mol. The maximum atomic E-state index is 6.31. The van der Waals surface area contributed by atoms with Crippen molar-refractivity contribution in [1.82, 2.24) is 10.2 Å². The van der Waals surface area contributed by atoms with Gasteiger partial charge in [-0.15, -0.1) is 10.2 Å². The molecule has 0 aliphatic rings.